The Kier molecular flexibility index (Phi) is 7.03. The summed E-state index contributed by atoms with van der Waals surface area (Å²) < 4.78 is 0. The van der Waals surface area contributed by atoms with Crippen LogP contribution in [0.25, 0.3) is 0 Å². The molecule has 0 aliphatic rings. The minimum absolute atomic E-state index is 0.00724. The highest BCUT2D eigenvalue weighted by Crippen LogP contribution is 2.14. The first kappa shape index (κ1) is 20.8. The van der Waals surface area contributed by atoms with E-state index in [9.17, 15) is 14.4 Å². The van der Waals surface area contributed by atoms with Gasteiger partial charge in [0.05, 0.1) is 6.42 Å². The average molecular weight is 380 g/mol. The van der Waals surface area contributed by atoms with Crippen LogP contribution in [-0.2, 0) is 14.4 Å². The van der Waals surface area contributed by atoms with Crippen LogP contribution in [0, 0.1) is 20.8 Å². The van der Waals surface area contributed by atoms with Crippen LogP contribution in [-0.4, -0.2) is 23.4 Å². The van der Waals surface area contributed by atoms with Crippen LogP contribution in [0.4, 0.5) is 11.4 Å². The van der Waals surface area contributed by atoms with Crippen LogP contribution in [0.1, 0.15) is 30.0 Å². The van der Waals surface area contributed by atoms with E-state index < -0.39 is 11.8 Å². The molecule has 0 atom stereocenters. The number of amides is 3. The second kappa shape index (κ2) is 9.45. The van der Waals surface area contributed by atoms with Crippen molar-refractivity contribution < 1.29 is 14.4 Å². The Bertz CT molecular complexity index is 935. The van der Waals surface area contributed by atoms with Gasteiger partial charge in [-0.05, 0) is 68.7 Å². The molecule has 0 heterocycles. The first-order valence-corrected chi connectivity index (χ1v) is 8.83. The lowest BCUT2D eigenvalue weighted by molar-refractivity contribution is -0.136. The number of nitrogens with zero attached hydrogens (tertiary/aromatic N) is 1. The minimum atomic E-state index is -0.907. The molecule has 146 valence electrons. The topological polar surface area (TPSA) is 99.7 Å². The Hall–Kier alpha value is -3.48. The molecule has 0 spiro atoms. The smallest absolute Gasteiger partial charge is 0.326 e. The predicted molar refractivity (Wildman–Crippen MR) is 110 cm³/mol. The van der Waals surface area contributed by atoms with Gasteiger partial charge in [0.15, 0.2) is 0 Å². The molecule has 0 bridgehead atoms. The van der Waals surface area contributed by atoms with E-state index in [0.29, 0.717) is 17.1 Å². The van der Waals surface area contributed by atoms with E-state index in [1.165, 1.54) is 0 Å². The molecular weight excluding hydrogens is 356 g/mol. The summed E-state index contributed by atoms with van der Waals surface area (Å²) in [6.07, 6.45) is -0.00724. The fourth-order valence-corrected chi connectivity index (χ4v) is 2.40. The molecule has 0 aromatic heterocycles. The van der Waals surface area contributed by atoms with Gasteiger partial charge in [-0.15, -0.1) is 0 Å². The standard InChI is InChI=1S/C21H24N4O3/c1-13-6-5-7-17(10-13)23-20(27)21(28)25-24-16(4)12-19(26)22-18-9-8-14(2)15(3)11-18/h5-11H,12H2,1-4H3,(H,22,26)(H,23,27)(H,25,28)/b24-16+. The summed E-state index contributed by atoms with van der Waals surface area (Å²) in [5, 5.41) is 9.08. The molecule has 2 aromatic rings. The maximum absolute atomic E-state index is 12.1. The zero-order chi connectivity index (χ0) is 20.7. The number of carbonyl (C=O) groups excluding carboxylic acids is 3. The van der Waals surface area contributed by atoms with Crippen molar-refractivity contribution in [2.75, 3.05) is 10.6 Å². The molecule has 0 unspecified atom stereocenters. The van der Waals surface area contributed by atoms with E-state index in [4.69, 9.17) is 0 Å². The third-order valence-electron chi connectivity index (χ3n) is 4.04. The van der Waals surface area contributed by atoms with Gasteiger partial charge < -0.3 is 10.6 Å². The molecule has 28 heavy (non-hydrogen) atoms. The van der Waals surface area contributed by atoms with Crippen molar-refractivity contribution in [3.05, 3.63) is 59.2 Å². The number of hydrogen-bond donors (Lipinski definition) is 3. The fourth-order valence-electron chi connectivity index (χ4n) is 2.40. The zero-order valence-corrected chi connectivity index (χ0v) is 16.4. The summed E-state index contributed by atoms with van der Waals surface area (Å²) >= 11 is 0. The van der Waals surface area contributed by atoms with E-state index >= 15 is 0 Å². The number of nitrogens with one attached hydrogen (secondary N) is 3. The second-order valence-electron chi connectivity index (χ2n) is 6.64. The molecule has 2 rings (SSSR count). The molecule has 3 N–H and O–H groups in total. The summed E-state index contributed by atoms with van der Waals surface area (Å²) in [5.74, 6) is -2.00. The Labute approximate surface area is 164 Å². The third-order valence-corrected chi connectivity index (χ3v) is 4.04. The molecule has 2 aromatic carbocycles. The van der Waals surface area contributed by atoms with Crippen molar-refractivity contribution in [3.63, 3.8) is 0 Å². The molecule has 0 fully saturated rings. The van der Waals surface area contributed by atoms with E-state index in [2.05, 4.69) is 21.2 Å². The van der Waals surface area contributed by atoms with Gasteiger partial charge in [0, 0.05) is 17.1 Å². The Morgan fingerprint density at radius 3 is 2.25 bits per heavy atom. The first-order chi connectivity index (χ1) is 13.2. The van der Waals surface area contributed by atoms with Crippen molar-refractivity contribution in [3.8, 4) is 0 Å². The van der Waals surface area contributed by atoms with Gasteiger partial charge in [-0.3, -0.25) is 14.4 Å². The van der Waals surface area contributed by atoms with Crippen molar-refractivity contribution in [2.45, 2.75) is 34.1 Å². The normalized spacial score (nSPS) is 10.9. The van der Waals surface area contributed by atoms with Crippen molar-refractivity contribution in [1.29, 1.82) is 0 Å². The number of carbonyl (C=O) groups is 3. The Morgan fingerprint density at radius 1 is 0.857 bits per heavy atom. The van der Waals surface area contributed by atoms with Crippen molar-refractivity contribution >= 4 is 34.8 Å². The predicted octanol–water partition coefficient (Wildman–Crippen LogP) is 3.07. The SMILES string of the molecule is C/C(CC(=O)Nc1ccc(C)c(C)c1)=N\NC(=O)C(=O)Nc1cccc(C)c1. The number of anilines is 2. The van der Waals surface area contributed by atoms with Gasteiger partial charge in [0.1, 0.15) is 0 Å². The quantitative estimate of drug-likeness (QED) is 0.422. The van der Waals surface area contributed by atoms with E-state index in [1.807, 2.05) is 45.0 Å². The summed E-state index contributed by atoms with van der Waals surface area (Å²) in [5.41, 5.74) is 6.93. The van der Waals surface area contributed by atoms with Crippen molar-refractivity contribution in [1.82, 2.24) is 5.43 Å². The minimum Gasteiger partial charge on any atom is -0.326 e. The lowest BCUT2D eigenvalue weighted by atomic mass is 10.1. The summed E-state index contributed by atoms with van der Waals surface area (Å²) in [4.78, 5) is 35.8. The molecule has 0 aliphatic heterocycles. The van der Waals surface area contributed by atoms with Gasteiger partial charge in [-0.1, -0.05) is 18.2 Å². The maximum Gasteiger partial charge on any atom is 0.329 e. The van der Waals surface area contributed by atoms with E-state index in [1.54, 1.807) is 25.1 Å². The molecule has 0 aliphatic carbocycles. The van der Waals surface area contributed by atoms with E-state index in [0.717, 1.165) is 16.7 Å². The highest BCUT2D eigenvalue weighted by atomic mass is 16.2. The van der Waals surface area contributed by atoms with Gasteiger partial charge in [0.25, 0.3) is 0 Å². The second-order valence-corrected chi connectivity index (χ2v) is 6.64. The Morgan fingerprint density at radius 2 is 1.57 bits per heavy atom. The number of aryl methyl sites for hydroxylation is 3. The average Bonchev–Trinajstić information content (AvgIpc) is 2.62. The lowest BCUT2D eigenvalue weighted by Gasteiger charge is -2.08. The van der Waals surface area contributed by atoms with Crippen LogP contribution in [0.15, 0.2) is 47.6 Å². The largest absolute Gasteiger partial charge is 0.329 e. The van der Waals surface area contributed by atoms with Crippen LogP contribution in [0.5, 0.6) is 0 Å². The molecule has 0 saturated heterocycles. The molecule has 0 saturated carbocycles. The molecule has 0 radical (unpaired) electrons. The first-order valence-electron chi connectivity index (χ1n) is 8.83. The van der Waals surface area contributed by atoms with Crippen LogP contribution in [0.3, 0.4) is 0 Å². The van der Waals surface area contributed by atoms with Crippen LogP contribution >= 0.6 is 0 Å². The number of hydrazone groups is 1. The van der Waals surface area contributed by atoms with Gasteiger partial charge in [-0.25, -0.2) is 5.43 Å². The lowest BCUT2D eigenvalue weighted by Crippen LogP contribution is -2.33. The third kappa shape index (κ3) is 6.35. The number of benzene rings is 2. The van der Waals surface area contributed by atoms with Gasteiger partial charge in [-0.2, -0.15) is 5.10 Å². The number of hydrogen-bond acceptors (Lipinski definition) is 4. The molecular formula is C21H24N4O3. The monoisotopic (exact) mass is 380 g/mol. The Balaban J connectivity index is 1.85. The maximum atomic E-state index is 12.1. The molecule has 7 nitrogen and oxygen atoms in total. The zero-order valence-electron chi connectivity index (χ0n) is 16.4. The summed E-state index contributed by atoms with van der Waals surface area (Å²) in [7, 11) is 0. The molecule has 7 heteroatoms. The summed E-state index contributed by atoms with van der Waals surface area (Å²) in [6, 6.07) is 12.7. The summed E-state index contributed by atoms with van der Waals surface area (Å²) in [6.45, 7) is 7.44. The van der Waals surface area contributed by atoms with Crippen molar-refractivity contribution in [2.24, 2.45) is 5.10 Å². The highest BCUT2D eigenvalue weighted by molar-refractivity contribution is 6.39. The van der Waals surface area contributed by atoms with Gasteiger partial charge in [0.2, 0.25) is 5.91 Å². The van der Waals surface area contributed by atoms with Gasteiger partial charge >= 0.3 is 11.8 Å². The fraction of sp³-hybridized carbons (Fsp3) is 0.238. The van der Waals surface area contributed by atoms with E-state index in [-0.39, 0.29) is 12.3 Å². The number of rotatable bonds is 5. The van der Waals surface area contributed by atoms with Crippen LogP contribution < -0.4 is 16.1 Å². The molecule has 3 amide bonds. The van der Waals surface area contributed by atoms with Crippen LogP contribution in [0.2, 0.25) is 0 Å². The highest BCUT2D eigenvalue weighted by Gasteiger charge is 2.13.